The Morgan fingerprint density at radius 1 is 0.905 bits per heavy atom. The fraction of sp³-hybridized carbons (Fsp3) is 0.0588. The van der Waals surface area contributed by atoms with Gasteiger partial charge in [0.25, 0.3) is 0 Å². The molecule has 0 aromatic heterocycles. The Morgan fingerprint density at radius 3 is 2.19 bits per heavy atom. The van der Waals surface area contributed by atoms with E-state index >= 15 is 0 Å². The van der Waals surface area contributed by atoms with E-state index in [1.54, 1.807) is 12.1 Å². The van der Waals surface area contributed by atoms with Crippen LogP contribution in [0.1, 0.15) is 22.0 Å². The summed E-state index contributed by atoms with van der Waals surface area (Å²) in [6.45, 7) is 0. The molecular formula is C17H14N2O2. The topological polar surface area (TPSA) is 58.2 Å². The number of hydrogen-bond acceptors (Lipinski definition) is 2. The highest BCUT2D eigenvalue weighted by Gasteiger charge is 2.28. The summed E-state index contributed by atoms with van der Waals surface area (Å²) >= 11 is 0. The molecule has 1 atom stereocenters. The maximum absolute atomic E-state index is 12.6. The Hall–Kier alpha value is -2.88. The van der Waals surface area contributed by atoms with Crippen LogP contribution in [0.5, 0.6) is 0 Å². The minimum Gasteiger partial charge on any atom is -0.327 e. The summed E-state index contributed by atoms with van der Waals surface area (Å²) in [6, 6.07) is 17.7. The number of Topliss-reactive ketones (excluding diaryl/α,β-unsaturated/α-hetero) is 1. The number of amides is 2. The van der Waals surface area contributed by atoms with Crippen LogP contribution in [0.2, 0.25) is 0 Å². The van der Waals surface area contributed by atoms with E-state index in [-0.39, 0.29) is 11.8 Å². The van der Waals surface area contributed by atoms with Crippen molar-refractivity contribution in [3.63, 3.8) is 0 Å². The van der Waals surface area contributed by atoms with Crippen LogP contribution in [0, 0.1) is 0 Å². The van der Waals surface area contributed by atoms with Gasteiger partial charge in [0.05, 0.1) is 6.04 Å². The van der Waals surface area contributed by atoms with Crippen LogP contribution in [-0.2, 0) is 0 Å². The molecule has 0 radical (unpaired) electrons. The summed E-state index contributed by atoms with van der Waals surface area (Å²) in [6.07, 6.45) is 1.49. The van der Waals surface area contributed by atoms with Crippen LogP contribution in [0.3, 0.4) is 0 Å². The lowest BCUT2D eigenvalue weighted by atomic mass is 9.92. The summed E-state index contributed by atoms with van der Waals surface area (Å²) in [5, 5.41) is 5.34. The first kappa shape index (κ1) is 13.1. The fourth-order valence-corrected chi connectivity index (χ4v) is 2.34. The first-order valence-corrected chi connectivity index (χ1v) is 6.67. The van der Waals surface area contributed by atoms with E-state index in [0.29, 0.717) is 11.1 Å². The van der Waals surface area contributed by atoms with Crippen LogP contribution in [0.4, 0.5) is 4.79 Å². The number of urea groups is 1. The van der Waals surface area contributed by atoms with Crippen molar-refractivity contribution in [3.05, 3.63) is 83.6 Å². The molecule has 1 unspecified atom stereocenters. The van der Waals surface area contributed by atoms with Gasteiger partial charge in [-0.05, 0) is 5.56 Å². The van der Waals surface area contributed by atoms with Crippen LogP contribution < -0.4 is 10.6 Å². The predicted octanol–water partition coefficient (Wildman–Crippen LogP) is 2.81. The van der Waals surface area contributed by atoms with Crippen molar-refractivity contribution < 1.29 is 9.59 Å². The van der Waals surface area contributed by atoms with Gasteiger partial charge in [0.1, 0.15) is 0 Å². The molecule has 0 spiro atoms. The van der Waals surface area contributed by atoms with Crippen molar-refractivity contribution >= 4 is 11.8 Å². The van der Waals surface area contributed by atoms with Gasteiger partial charge in [-0.25, -0.2) is 4.79 Å². The van der Waals surface area contributed by atoms with Crippen molar-refractivity contribution in [2.75, 3.05) is 0 Å². The average Bonchev–Trinajstić information content (AvgIpc) is 2.56. The van der Waals surface area contributed by atoms with Gasteiger partial charge in [0.2, 0.25) is 0 Å². The molecule has 4 heteroatoms. The van der Waals surface area contributed by atoms with Gasteiger partial charge in [-0.2, -0.15) is 0 Å². The number of ketones is 1. The smallest absolute Gasteiger partial charge is 0.319 e. The van der Waals surface area contributed by atoms with Crippen molar-refractivity contribution in [2.45, 2.75) is 6.04 Å². The lowest BCUT2D eigenvalue weighted by Gasteiger charge is -2.25. The Labute approximate surface area is 122 Å². The highest BCUT2D eigenvalue weighted by atomic mass is 16.2. The zero-order valence-electron chi connectivity index (χ0n) is 11.2. The Morgan fingerprint density at radius 2 is 1.52 bits per heavy atom. The molecule has 2 aromatic rings. The molecule has 2 aromatic carbocycles. The number of hydrogen-bond donors (Lipinski definition) is 2. The zero-order chi connectivity index (χ0) is 14.7. The van der Waals surface area contributed by atoms with Crippen LogP contribution in [0.15, 0.2) is 72.4 Å². The maximum Gasteiger partial charge on any atom is 0.319 e. The molecule has 3 rings (SSSR count). The molecular weight excluding hydrogens is 264 g/mol. The lowest BCUT2D eigenvalue weighted by molar-refractivity contribution is 0.102. The van der Waals surface area contributed by atoms with Crippen molar-refractivity contribution in [1.82, 2.24) is 10.6 Å². The molecule has 1 heterocycles. The summed E-state index contributed by atoms with van der Waals surface area (Å²) in [5.41, 5.74) is 2.00. The van der Waals surface area contributed by atoms with E-state index in [4.69, 9.17) is 0 Å². The highest BCUT2D eigenvalue weighted by molar-refractivity contribution is 6.10. The summed E-state index contributed by atoms with van der Waals surface area (Å²) < 4.78 is 0. The third-order valence-electron chi connectivity index (χ3n) is 3.38. The van der Waals surface area contributed by atoms with E-state index in [1.807, 2.05) is 48.5 Å². The Bertz CT molecular complexity index is 693. The van der Waals surface area contributed by atoms with Crippen LogP contribution in [-0.4, -0.2) is 11.8 Å². The molecule has 21 heavy (non-hydrogen) atoms. The molecule has 0 saturated carbocycles. The average molecular weight is 278 g/mol. The molecule has 104 valence electrons. The largest absolute Gasteiger partial charge is 0.327 e. The normalized spacial score (nSPS) is 17.4. The van der Waals surface area contributed by atoms with Gasteiger partial charge in [-0.1, -0.05) is 60.7 Å². The number of benzene rings is 2. The number of nitrogens with one attached hydrogen (secondary N) is 2. The zero-order valence-corrected chi connectivity index (χ0v) is 11.2. The second kappa shape index (κ2) is 5.63. The van der Waals surface area contributed by atoms with Gasteiger partial charge >= 0.3 is 6.03 Å². The van der Waals surface area contributed by atoms with E-state index in [2.05, 4.69) is 10.6 Å². The molecule has 1 aliphatic heterocycles. The third-order valence-corrected chi connectivity index (χ3v) is 3.38. The monoisotopic (exact) mass is 278 g/mol. The van der Waals surface area contributed by atoms with Gasteiger partial charge in [-0.15, -0.1) is 0 Å². The van der Waals surface area contributed by atoms with E-state index in [0.717, 1.165) is 5.56 Å². The van der Waals surface area contributed by atoms with Gasteiger partial charge in [0.15, 0.2) is 5.78 Å². The Balaban J connectivity index is 1.98. The molecule has 2 amide bonds. The number of rotatable bonds is 3. The van der Waals surface area contributed by atoms with E-state index in [1.165, 1.54) is 6.20 Å². The van der Waals surface area contributed by atoms with Gasteiger partial charge < -0.3 is 10.6 Å². The Kier molecular flexibility index (Phi) is 3.51. The minimum absolute atomic E-state index is 0.100. The SMILES string of the molecule is O=C1NC=C(C(=O)c2ccccc2)C(c2ccccc2)N1. The van der Waals surface area contributed by atoms with Gasteiger partial charge in [0, 0.05) is 17.3 Å². The summed E-state index contributed by atoms with van der Waals surface area (Å²) in [4.78, 5) is 24.2. The minimum atomic E-state index is -0.437. The molecule has 2 N–H and O–H groups in total. The lowest BCUT2D eigenvalue weighted by Crippen LogP contribution is -2.42. The van der Waals surface area contributed by atoms with E-state index in [9.17, 15) is 9.59 Å². The molecule has 0 aliphatic carbocycles. The highest BCUT2D eigenvalue weighted by Crippen LogP contribution is 2.26. The number of carbonyl (C=O) groups excluding carboxylic acids is 2. The third kappa shape index (κ3) is 2.69. The molecule has 0 saturated heterocycles. The standard InChI is InChI=1S/C17H14N2O2/c20-16(13-9-5-2-6-10-13)14-11-18-17(21)19-15(14)12-7-3-1-4-8-12/h1-11,15H,(H2,18,19,21). The first-order valence-electron chi connectivity index (χ1n) is 6.67. The summed E-state index contributed by atoms with van der Waals surface area (Å²) in [7, 11) is 0. The van der Waals surface area contributed by atoms with Crippen molar-refractivity contribution in [2.24, 2.45) is 0 Å². The molecule has 0 bridgehead atoms. The molecule has 1 aliphatic rings. The van der Waals surface area contributed by atoms with Crippen molar-refractivity contribution in [3.8, 4) is 0 Å². The van der Waals surface area contributed by atoms with E-state index < -0.39 is 6.04 Å². The fourth-order valence-electron chi connectivity index (χ4n) is 2.34. The number of carbonyl (C=O) groups is 2. The maximum atomic E-state index is 12.6. The second-order valence-corrected chi connectivity index (χ2v) is 4.76. The van der Waals surface area contributed by atoms with Crippen LogP contribution >= 0.6 is 0 Å². The van der Waals surface area contributed by atoms with Crippen LogP contribution in [0.25, 0.3) is 0 Å². The van der Waals surface area contributed by atoms with Gasteiger partial charge in [-0.3, -0.25) is 4.79 Å². The first-order chi connectivity index (χ1) is 10.3. The quantitative estimate of drug-likeness (QED) is 0.848. The molecule has 0 fully saturated rings. The predicted molar refractivity (Wildman–Crippen MR) is 79.7 cm³/mol. The van der Waals surface area contributed by atoms with Crippen molar-refractivity contribution in [1.29, 1.82) is 0 Å². The molecule has 4 nitrogen and oxygen atoms in total. The summed E-state index contributed by atoms with van der Waals surface area (Å²) in [5.74, 6) is -0.100. The second-order valence-electron chi connectivity index (χ2n) is 4.76.